The van der Waals surface area contributed by atoms with Crippen LogP contribution in [-0.4, -0.2) is 31.9 Å². The molecule has 0 aromatic heterocycles. The number of para-hydroxylation sites is 1. The van der Waals surface area contributed by atoms with E-state index < -0.39 is 0 Å². The Labute approximate surface area is 161 Å². The molecule has 138 valence electrons. The lowest BCUT2D eigenvalue weighted by Crippen LogP contribution is -2.24. The Morgan fingerprint density at radius 1 is 1.19 bits per heavy atom. The molecule has 1 amide bonds. The highest BCUT2D eigenvalue weighted by Crippen LogP contribution is 2.28. The molecule has 0 aliphatic carbocycles. The van der Waals surface area contributed by atoms with Gasteiger partial charge in [0.25, 0.3) is 5.91 Å². The van der Waals surface area contributed by atoms with E-state index in [0.717, 1.165) is 10.0 Å². The van der Waals surface area contributed by atoms with E-state index >= 15 is 0 Å². The molecule has 0 aliphatic rings. The Bertz CT molecular complexity index is 778. The monoisotopic (exact) mass is 420 g/mol. The molecule has 0 radical (unpaired) electrons. The van der Waals surface area contributed by atoms with Crippen molar-refractivity contribution in [3.63, 3.8) is 0 Å². The summed E-state index contributed by atoms with van der Waals surface area (Å²) in [6, 6.07) is 12.7. The van der Waals surface area contributed by atoms with Crippen LogP contribution in [0, 0.1) is 0 Å². The number of ether oxygens (including phenoxy) is 3. The van der Waals surface area contributed by atoms with Crippen molar-refractivity contribution in [1.29, 1.82) is 0 Å². The maximum absolute atomic E-state index is 11.8. The Hall–Kier alpha value is -2.54. The number of nitrogens with one attached hydrogen (secondary N) is 1. The maximum Gasteiger partial charge on any atom is 0.277 e. The number of benzene rings is 2. The summed E-state index contributed by atoms with van der Waals surface area (Å²) in [5.41, 5.74) is 3.19. The van der Waals surface area contributed by atoms with Crippen molar-refractivity contribution >= 4 is 28.1 Å². The van der Waals surface area contributed by atoms with Gasteiger partial charge in [-0.25, -0.2) is 5.43 Å². The van der Waals surface area contributed by atoms with Gasteiger partial charge in [-0.2, -0.15) is 5.10 Å². The van der Waals surface area contributed by atoms with Crippen LogP contribution < -0.4 is 19.6 Å². The standard InChI is InChI=1S/C19H21BrN2O4/c1-13(2)26-17-9-8-14(10-18(17)24-3)11-21-22-19(23)12-25-16-7-5-4-6-15(16)20/h4-11,13H,12H2,1-3H3,(H,22,23)/b21-11+. The summed E-state index contributed by atoms with van der Waals surface area (Å²) in [6.07, 6.45) is 1.57. The van der Waals surface area contributed by atoms with Crippen LogP contribution in [-0.2, 0) is 4.79 Å². The Morgan fingerprint density at radius 3 is 2.65 bits per heavy atom. The molecule has 6 nitrogen and oxygen atoms in total. The molecule has 1 N–H and O–H groups in total. The SMILES string of the molecule is COc1cc(/C=N/NC(=O)COc2ccccc2Br)ccc1OC(C)C. The van der Waals surface area contributed by atoms with Crippen molar-refractivity contribution in [3.05, 3.63) is 52.5 Å². The molecule has 0 spiro atoms. The van der Waals surface area contributed by atoms with E-state index in [1.54, 1.807) is 25.3 Å². The molecule has 2 rings (SSSR count). The third-order valence-electron chi connectivity index (χ3n) is 3.15. The lowest BCUT2D eigenvalue weighted by molar-refractivity contribution is -0.123. The minimum Gasteiger partial charge on any atom is -0.493 e. The number of halogens is 1. The zero-order chi connectivity index (χ0) is 18.9. The predicted molar refractivity (Wildman–Crippen MR) is 104 cm³/mol. The minimum atomic E-state index is -0.358. The molecule has 7 heteroatoms. The second-order valence-electron chi connectivity index (χ2n) is 5.59. The first-order valence-corrected chi connectivity index (χ1v) is 8.83. The molecule has 0 heterocycles. The van der Waals surface area contributed by atoms with Gasteiger partial charge in [-0.05, 0) is 65.7 Å². The number of hydrogen-bond donors (Lipinski definition) is 1. The second kappa shape index (κ2) is 9.82. The number of methoxy groups -OCH3 is 1. The summed E-state index contributed by atoms with van der Waals surface area (Å²) < 4.78 is 17.2. The molecule has 0 atom stereocenters. The lowest BCUT2D eigenvalue weighted by atomic mass is 10.2. The summed E-state index contributed by atoms with van der Waals surface area (Å²) in [6.45, 7) is 3.76. The molecular formula is C19H21BrN2O4. The average molecular weight is 421 g/mol. The first-order valence-electron chi connectivity index (χ1n) is 8.03. The van der Waals surface area contributed by atoms with Crippen LogP contribution in [0.4, 0.5) is 0 Å². The van der Waals surface area contributed by atoms with Gasteiger partial charge in [-0.1, -0.05) is 12.1 Å². The van der Waals surface area contributed by atoms with Crippen LogP contribution >= 0.6 is 15.9 Å². The number of rotatable bonds is 8. The van der Waals surface area contributed by atoms with E-state index in [1.165, 1.54) is 6.21 Å². The van der Waals surface area contributed by atoms with Gasteiger partial charge < -0.3 is 14.2 Å². The summed E-state index contributed by atoms with van der Waals surface area (Å²) >= 11 is 3.36. The van der Waals surface area contributed by atoms with Crippen molar-refractivity contribution in [2.75, 3.05) is 13.7 Å². The van der Waals surface area contributed by atoms with Crippen LogP contribution in [0.3, 0.4) is 0 Å². The number of hydrazone groups is 1. The van der Waals surface area contributed by atoms with Gasteiger partial charge in [0.05, 0.1) is 23.9 Å². The number of amides is 1. The highest BCUT2D eigenvalue weighted by molar-refractivity contribution is 9.10. The van der Waals surface area contributed by atoms with E-state index in [4.69, 9.17) is 14.2 Å². The van der Waals surface area contributed by atoms with Gasteiger partial charge in [0.1, 0.15) is 5.75 Å². The number of hydrogen-bond acceptors (Lipinski definition) is 5. The van der Waals surface area contributed by atoms with Gasteiger partial charge in [-0.3, -0.25) is 4.79 Å². The van der Waals surface area contributed by atoms with Gasteiger partial charge in [0.2, 0.25) is 0 Å². The first-order chi connectivity index (χ1) is 12.5. The van der Waals surface area contributed by atoms with E-state index in [-0.39, 0.29) is 18.6 Å². The maximum atomic E-state index is 11.8. The molecule has 0 unspecified atom stereocenters. The topological polar surface area (TPSA) is 69.2 Å². The zero-order valence-electron chi connectivity index (χ0n) is 14.9. The number of nitrogens with zero attached hydrogens (tertiary/aromatic N) is 1. The average Bonchev–Trinajstić information content (AvgIpc) is 2.61. The highest BCUT2D eigenvalue weighted by atomic mass is 79.9. The summed E-state index contributed by atoms with van der Waals surface area (Å²) in [5.74, 6) is 1.50. The third-order valence-corrected chi connectivity index (χ3v) is 3.80. The predicted octanol–water partition coefficient (Wildman–Crippen LogP) is 3.77. The smallest absolute Gasteiger partial charge is 0.277 e. The molecule has 2 aromatic rings. The minimum absolute atomic E-state index is 0.0485. The fraction of sp³-hybridized carbons (Fsp3) is 0.263. The van der Waals surface area contributed by atoms with E-state index in [2.05, 4.69) is 26.5 Å². The molecule has 26 heavy (non-hydrogen) atoms. The number of carbonyl (C=O) groups excluding carboxylic acids is 1. The van der Waals surface area contributed by atoms with Crippen molar-refractivity contribution in [2.45, 2.75) is 20.0 Å². The Balaban J connectivity index is 1.89. The first kappa shape index (κ1) is 19.8. The van der Waals surface area contributed by atoms with Crippen LogP contribution in [0.2, 0.25) is 0 Å². The van der Waals surface area contributed by atoms with Crippen molar-refractivity contribution < 1.29 is 19.0 Å². The second-order valence-corrected chi connectivity index (χ2v) is 6.44. The van der Waals surface area contributed by atoms with Crippen molar-refractivity contribution in [3.8, 4) is 17.2 Å². The summed E-state index contributed by atoms with van der Waals surface area (Å²) in [7, 11) is 1.57. The van der Waals surface area contributed by atoms with E-state index in [9.17, 15) is 4.79 Å². The number of carbonyl (C=O) groups is 1. The van der Waals surface area contributed by atoms with Crippen LogP contribution in [0.15, 0.2) is 52.0 Å². The third kappa shape index (κ3) is 6.07. The molecule has 0 saturated heterocycles. The largest absolute Gasteiger partial charge is 0.493 e. The molecule has 2 aromatic carbocycles. The molecule has 0 bridgehead atoms. The fourth-order valence-corrected chi connectivity index (χ4v) is 2.43. The van der Waals surface area contributed by atoms with Crippen molar-refractivity contribution in [2.24, 2.45) is 5.10 Å². The highest BCUT2D eigenvalue weighted by Gasteiger charge is 2.07. The Morgan fingerprint density at radius 2 is 1.96 bits per heavy atom. The van der Waals surface area contributed by atoms with Gasteiger partial charge in [-0.15, -0.1) is 0 Å². The van der Waals surface area contributed by atoms with Gasteiger partial charge >= 0.3 is 0 Å². The van der Waals surface area contributed by atoms with Crippen LogP contribution in [0.1, 0.15) is 19.4 Å². The Kier molecular flexibility index (Phi) is 7.47. The normalized spacial score (nSPS) is 10.8. The van der Waals surface area contributed by atoms with E-state index in [1.807, 2.05) is 38.1 Å². The molecule has 0 saturated carbocycles. The molecular weight excluding hydrogens is 400 g/mol. The molecule has 0 aliphatic heterocycles. The summed E-state index contributed by atoms with van der Waals surface area (Å²) in [4.78, 5) is 11.8. The van der Waals surface area contributed by atoms with Crippen LogP contribution in [0.25, 0.3) is 0 Å². The van der Waals surface area contributed by atoms with E-state index in [0.29, 0.717) is 17.2 Å². The fourth-order valence-electron chi connectivity index (χ4n) is 2.03. The molecule has 0 fully saturated rings. The van der Waals surface area contributed by atoms with Gasteiger partial charge in [0, 0.05) is 0 Å². The quantitative estimate of drug-likeness (QED) is 0.521. The summed E-state index contributed by atoms with van der Waals surface area (Å²) in [5, 5.41) is 3.93. The van der Waals surface area contributed by atoms with Gasteiger partial charge in [0.15, 0.2) is 18.1 Å². The lowest BCUT2D eigenvalue weighted by Gasteiger charge is -2.13. The zero-order valence-corrected chi connectivity index (χ0v) is 16.4. The van der Waals surface area contributed by atoms with Crippen LogP contribution in [0.5, 0.6) is 17.2 Å². The van der Waals surface area contributed by atoms with Crippen molar-refractivity contribution in [1.82, 2.24) is 5.43 Å².